The number of benzene rings is 1. The van der Waals surface area contributed by atoms with Gasteiger partial charge in [0, 0.05) is 29.7 Å². The van der Waals surface area contributed by atoms with E-state index in [0.29, 0.717) is 23.3 Å². The van der Waals surface area contributed by atoms with Crippen molar-refractivity contribution in [1.82, 2.24) is 20.4 Å². The SMILES string of the molecule is CC(C)(C)OC(=O)NC1CCN(Cc2nc(-c3cccc(Cl)c3)no2)CC1. The lowest BCUT2D eigenvalue weighted by atomic mass is 10.1. The van der Waals surface area contributed by atoms with Gasteiger partial charge in [0.25, 0.3) is 0 Å². The average molecular weight is 393 g/mol. The number of carbonyl (C=O) groups is 1. The number of likely N-dealkylation sites (tertiary alicyclic amines) is 1. The van der Waals surface area contributed by atoms with Crippen molar-refractivity contribution in [2.75, 3.05) is 13.1 Å². The van der Waals surface area contributed by atoms with Crippen LogP contribution in [-0.2, 0) is 11.3 Å². The number of amides is 1. The summed E-state index contributed by atoms with van der Waals surface area (Å²) >= 11 is 6.01. The summed E-state index contributed by atoms with van der Waals surface area (Å²) in [6, 6.07) is 7.50. The lowest BCUT2D eigenvalue weighted by Gasteiger charge is -2.31. The van der Waals surface area contributed by atoms with E-state index in [1.54, 1.807) is 0 Å². The first-order valence-corrected chi connectivity index (χ1v) is 9.47. The molecule has 1 fully saturated rings. The van der Waals surface area contributed by atoms with Gasteiger partial charge in [0.1, 0.15) is 5.60 Å². The summed E-state index contributed by atoms with van der Waals surface area (Å²) in [5.74, 6) is 1.11. The van der Waals surface area contributed by atoms with E-state index in [1.165, 1.54) is 0 Å². The second-order valence-electron chi connectivity index (χ2n) is 7.72. The van der Waals surface area contributed by atoms with Crippen LogP contribution in [0.3, 0.4) is 0 Å². The number of nitrogens with one attached hydrogen (secondary N) is 1. The summed E-state index contributed by atoms with van der Waals surface area (Å²) in [6.07, 6.45) is 1.35. The molecular weight excluding hydrogens is 368 g/mol. The molecule has 0 bridgehead atoms. The van der Waals surface area contributed by atoms with Crippen LogP contribution < -0.4 is 5.32 Å². The molecule has 27 heavy (non-hydrogen) atoms. The fourth-order valence-electron chi connectivity index (χ4n) is 2.96. The van der Waals surface area contributed by atoms with Gasteiger partial charge in [0.15, 0.2) is 0 Å². The van der Waals surface area contributed by atoms with Crippen molar-refractivity contribution in [2.45, 2.75) is 51.8 Å². The highest BCUT2D eigenvalue weighted by Gasteiger charge is 2.24. The summed E-state index contributed by atoms with van der Waals surface area (Å²) in [5, 5.41) is 7.61. The number of aromatic nitrogens is 2. The van der Waals surface area contributed by atoms with E-state index in [0.717, 1.165) is 31.5 Å². The minimum atomic E-state index is -0.483. The largest absolute Gasteiger partial charge is 0.444 e. The summed E-state index contributed by atoms with van der Waals surface area (Å²) in [7, 11) is 0. The molecule has 1 amide bonds. The molecule has 0 saturated carbocycles. The predicted molar refractivity (Wildman–Crippen MR) is 102 cm³/mol. The number of rotatable bonds is 4. The lowest BCUT2D eigenvalue weighted by molar-refractivity contribution is 0.0475. The monoisotopic (exact) mass is 392 g/mol. The average Bonchev–Trinajstić information content (AvgIpc) is 3.03. The predicted octanol–water partition coefficient (Wildman–Crippen LogP) is 3.88. The van der Waals surface area contributed by atoms with Gasteiger partial charge in [-0.1, -0.05) is 28.9 Å². The Morgan fingerprint density at radius 1 is 1.37 bits per heavy atom. The summed E-state index contributed by atoms with van der Waals surface area (Å²) in [6.45, 7) is 7.85. The van der Waals surface area contributed by atoms with Crippen LogP contribution in [-0.4, -0.2) is 45.9 Å². The number of piperidine rings is 1. The van der Waals surface area contributed by atoms with E-state index < -0.39 is 5.60 Å². The topological polar surface area (TPSA) is 80.5 Å². The molecule has 7 nitrogen and oxygen atoms in total. The van der Waals surface area contributed by atoms with Gasteiger partial charge >= 0.3 is 6.09 Å². The Kier molecular flexibility index (Phi) is 6.01. The smallest absolute Gasteiger partial charge is 0.407 e. The number of hydrogen-bond donors (Lipinski definition) is 1. The molecule has 0 atom stereocenters. The van der Waals surface area contributed by atoms with E-state index in [2.05, 4.69) is 20.4 Å². The quantitative estimate of drug-likeness (QED) is 0.850. The third kappa shape index (κ3) is 5.94. The molecule has 0 radical (unpaired) electrons. The van der Waals surface area contributed by atoms with Gasteiger partial charge in [-0.3, -0.25) is 4.90 Å². The number of carbonyl (C=O) groups excluding carboxylic acids is 1. The Hall–Kier alpha value is -2.12. The molecule has 146 valence electrons. The molecule has 3 rings (SSSR count). The van der Waals surface area contributed by atoms with Crippen molar-refractivity contribution < 1.29 is 14.1 Å². The van der Waals surface area contributed by atoms with Gasteiger partial charge in [0.05, 0.1) is 6.54 Å². The summed E-state index contributed by atoms with van der Waals surface area (Å²) < 4.78 is 10.7. The van der Waals surface area contributed by atoms with Gasteiger partial charge < -0.3 is 14.6 Å². The van der Waals surface area contributed by atoms with Crippen molar-refractivity contribution in [2.24, 2.45) is 0 Å². The minimum Gasteiger partial charge on any atom is -0.444 e. The highest BCUT2D eigenvalue weighted by atomic mass is 35.5. The number of nitrogens with zero attached hydrogens (tertiary/aromatic N) is 3. The van der Waals surface area contributed by atoms with Gasteiger partial charge in [-0.25, -0.2) is 4.79 Å². The van der Waals surface area contributed by atoms with Crippen molar-refractivity contribution >= 4 is 17.7 Å². The Labute approximate surface area is 164 Å². The minimum absolute atomic E-state index is 0.126. The number of alkyl carbamates (subject to hydrolysis) is 1. The highest BCUT2D eigenvalue weighted by molar-refractivity contribution is 6.30. The van der Waals surface area contributed by atoms with Gasteiger partial charge in [0.2, 0.25) is 11.7 Å². The molecule has 0 unspecified atom stereocenters. The molecule has 1 aliphatic rings. The second-order valence-corrected chi connectivity index (χ2v) is 8.16. The Bertz CT molecular complexity index is 779. The lowest BCUT2D eigenvalue weighted by Crippen LogP contribution is -2.45. The molecule has 0 aliphatic carbocycles. The third-order valence-electron chi connectivity index (χ3n) is 4.22. The first kappa shape index (κ1) is 19.6. The summed E-state index contributed by atoms with van der Waals surface area (Å²) in [4.78, 5) is 18.6. The van der Waals surface area contributed by atoms with Crippen LogP contribution in [0.2, 0.25) is 5.02 Å². The van der Waals surface area contributed by atoms with Gasteiger partial charge in [-0.2, -0.15) is 4.98 Å². The van der Waals surface area contributed by atoms with Gasteiger partial charge in [-0.15, -0.1) is 0 Å². The maximum Gasteiger partial charge on any atom is 0.407 e. The Morgan fingerprint density at radius 2 is 2.11 bits per heavy atom. The zero-order valence-corrected chi connectivity index (χ0v) is 16.6. The van der Waals surface area contributed by atoms with Crippen LogP contribution in [0.4, 0.5) is 4.79 Å². The van der Waals surface area contributed by atoms with Crippen LogP contribution in [0, 0.1) is 0 Å². The Morgan fingerprint density at radius 3 is 2.78 bits per heavy atom. The number of hydrogen-bond acceptors (Lipinski definition) is 6. The van der Waals surface area contributed by atoms with E-state index in [9.17, 15) is 4.79 Å². The Balaban J connectivity index is 1.48. The molecule has 1 aromatic heterocycles. The molecule has 1 aromatic carbocycles. The van der Waals surface area contributed by atoms with Gasteiger partial charge in [-0.05, 0) is 45.7 Å². The van der Waals surface area contributed by atoms with Crippen LogP contribution in [0.15, 0.2) is 28.8 Å². The molecule has 2 heterocycles. The number of halogens is 1. The van der Waals surface area contributed by atoms with Crippen molar-refractivity contribution in [3.05, 3.63) is 35.2 Å². The molecule has 1 saturated heterocycles. The second kappa shape index (κ2) is 8.27. The molecule has 0 spiro atoms. The fraction of sp³-hybridized carbons (Fsp3) is 0.526. The van der Waals surface area contributed by atoms with Crippen LogP contribution >= 0.6 is 11.6 Å². The van der Waals surface area contributed by atoms with E-state index in [1.807, 2.05) is 45.0 Å². The van der Waals surface area contributed by atoms with Crippen molar-refractivity contribution in [3.8, 4) is 11.4 Å². The third-order valence-corrected chi connectivity index (χ3v) is 4.45. The maximum absolute atomic E-state index is 11.9. The van der Waals surface area contributed by atoms with E-state index in [4.69, 9.17) is 20.9 Å². The normalized spacial score (nSPS) is 16.3. The molecule has 2 aromatic rings. The summed E-state index contributed by atoms with van der Waals surface area (Å²) in [5.41, 5.74) is 0.349. The van der Waals surface area contributed by atoms with E-state index >= 15 is 0 Å². The molecule has 8 heteroatoms. The van der Waals surface area contributed by atoms with Crippen molar-refractivity contribution in [3.63, 3.8) is 0 Å². The fourth-order valence-corrected chi connectivity index (χ4v) is 3.16. The van der Waals surface area contributed by atoms with Crippen LogP contribution in [0.25, 0.3) is 11.4 Å². The van der Waals surface area contributed by atoms with Crippen molar-refractivity contribution in [1.29, 1.82) is 0 Å². The van der Waals surface area contributed by atoms with Crippen LogP contribution in [0.5, 0.6) is 0 Å². The first-order chi connectivity index (χ1) is 12.8. The molecule has 1 N–H and O–H groups in total. The van der Waals surface area contributed by atoms with Crippen LogP contribution in [0.1, 0.15) is 39.5 Å². The van der Waals surface area contributed by atoms with E-state index in [-0.39, 0.29) is 12.1 Å². The maximum atomic E-state index is 11.9. The zero-order chi connectivity index (χ0) is 19.4. The molecule has 1 aliphatic heterocycles. The number of ether oxygens (including phenoxy) is 1. The first-order valence-electron chi connectivity index (χ1n) is 9.09. The standard InChI is InChI=1S/C19H25ClN4O3/c1-19(2,3)26-18(25)21-15-7-9-24(10-8-15)12-16-22-17(23-27-16)13-5-4-6-14(20)11-13/h4-6,11,15H,7-10,12H2,1-3H3,(H,21,25). The zero-order valence-electron chi connectivity index (χ0n) is 15.9. The molecular formula is C19H25ClN4O3. The highest BCUT2D eigenvalue weighted by Crippen LogP contribution is 2.21.